The third-order valence-corrected chi connectivity index (χ3v) is 1.10. The lowest BCUT2D eigenvalue weighted by atomic mass is 10.4. The minimum Gasteiger partial charge on any atom is -0.274 e. The molecular weight excluding hydrogens is 130 g/mol. The van der Waals surface area contributed by atoms with Gasteiger partial charge in [0.15, 0.2) is 0 Å². The van der Waals surface area contributed by atoms with Crippen LogP contribution in [-0.2, 0) is 9.63 Å². The van der Waals surface area contributed by atoms with E-state index in [0.717, 1.165) is 0 Å². The zero-order valence-electron chi connectivity index (χ0n) is 6.46. The molecule has 58 valence electrons. The lowest BCUT2D eigenvalue weighted by Crippen LogP contribution is -2.29. The van der Waals surface area contributed by atoms with Gasteiger partial charge in [-0.15, -0.1) is 6.58 Å². The van der Waals surface area contributed by atoms with Crippen LogP contribution < -0.4 is 0 Å². The van der Waals surface area contributed by atoms with Gasteiger partial charge in [0, 0.05) is 6.42 Å². The Hall–Kier alpha value is -0.830. The fraction of sp³-hybridized carbons (Fsp3) is 0.571. The first kappa shape index (κ1) is 9.17. The van der Waals surface area contributed by atoms with Gasteiger partial charge < -0.3 is 0 Å². The van der Waals surface area contributed by atoms with E-state index in [2.05, 4.69) is 6.58 Å². The highest BCUT2D eigenvalue weighted by Gasteiger charge is 2.06. The molecule has 0 fully saturated rings. The molecule has 0 bridgehead atoms. The van der Waals surface area contributed by atoms with Gasteiger partial charge in [-0.05, 0) is 0 Å². The first-order chi connectivity index (χ1) is 4.76. The third-order valence-electron chi connectivity index (χ3n) is 1.10. The number of hydrogen-bond donors (Lipinski definition) is 0. The number of hydroxylamine groups is 2. The molecule has 0 aliphatic heterocycles. The van der Waals surface area contributed by atoms with Crippen LogP contribution in [-0.4, -0.2) is 24.6 Å². The highest BCUT2D eigenvalue weighted by Crippen LogP contribution is 1.92. The predicted octanol–water partition coefficient (Wildman–Crippen LogP) is 0.972. The molecular formula is C7H13NO2. The molecule has 0 atom stereocenters. The molecule has 0 unspecified atom stereocenters. The first-order valence-corrected chi connectivity index (χ1v) is 3.21. The molecule has 10 heavy (non-hydrogen) atoms. The van der Waals surface area contributed by atoms with Crippen LogP contribution in [0.1, 0.15) is 13.3 Å². The van der Waals surface area contributed by atoms with E-state index < -0.39 is 0 Å². The van der Waals surface area contributed by atoms with Crippen molar-refractivity contribution < 1.29 is 9.63 Å². The summed E-state index contributed by atoms with van der Waals surface area (Å²) in [5.41, 5.74) is 0. The highest BCUT2D eigenvalue weighted by atomic mass is 16.7. The molecule has 0 aromatic rings. The molecule has 0 aromatic heterocycles. The second-order valence-electron chi connectivity index (χ2n) is 1.78. The zero-order valence-corrected chi connectivity index (χ0v) is 6.46. The topological polar surface area (TPSA) is 29.5 Å². The van der Waals surface area contributed by atoms with E-state index in [0.29, 0.717) is 13.0 Å². The highest BCUT2D eigenvalue weighted by molar-refractivity contribution is 5.74. The summed E-state index contributed by atoms with van der Waals surface area (Å²) >= 11 is 0. The first-order valence-electron chi connectivity index (χ1n) is 3.21. The van der Waals surface area contributed by atoms with Crippen LogP contribution in [0.4, 0.5) is 0 Å². The summed E-state index contributed by atoms with van der Waals surface area (Å²) in [6.45, 7) is 5.73. The van der Waals surface area contributed by atoms with Crippen LogP contribution in [0.2, 0.25) is 0 Å². The average molecular weight is 143 g/mol. The summed E-state index contributed by atoms with van der Waals surface area (Å²) < 4.78 is 0. The van der Waals surface area contributed by atoms with Gasteiger partial charge in [0.1, 0.15) is 0 Å². The summed E-state index contributed by atoms with van der Waals surface area (Å²) in [4.78, 5) is 15.6. The van der Waals surface area contributed by atoms with Gasteiger partial charge in [-0.1, -0.05) is 13.0 Å². The van der Waals surface area contributed by atoms with Crippen molar-refractivity contribution in [2.45, 2.75) is 13.3 Å². The molecule has 0 aliphatic carbocycles. The number of hydrogen-bond acceptors (Lipinski definition) is 2. The molecule has 3 heteroatoms. The van der Waals surface area contributed by atoms with Crippen LogP contribution in [0.25, 0.3) is 0 Å². The fourth-order valence-electron chi connectivity index (χ4n) is 0.572. The van der Waals surface area contributed by atoms with Crippen LogP contribution >= 0.6 is 0 Å². The van der Waals surface area contributed by atoms with Gasteiger partial charge in [0.05, 0.1) is 13.7 Å². The molecule has 0 heterocycles. The van der Waals surface area contributed by atoms with Crippen molar-refractivity contribution in [3.8, 4) is 0 Å². The Kier molecular flexibility index (Phi) is 4.58. The normalized spacial score (nSPS) is 9.00. The number of carbonyl (C=O) groups is 1. The van der Waals surface area contributed by atoms with Crippen LogP contribution in [0.5, 0.6) is 0 Å². The Morgan fingerprint density at radius 2 is 2.40 bits per heavy atom. The van der Waals surface area contributed by atoms with E-state index in [-0.39, 0.29) is 5.91 Å². The lowest BCUT2D eigenvalue weighted by molar-refractivity contribution is -0.172. The van der Waals surface area contributed by atoms with Gasteiger partial charge in [-0.2, -0.15) is 0 Å². The van der Waals surface area contributed by atoms with Crippen LogP contribution in [0, 0.1) is 0 Å². The van der Waals surface area contributed by atoms with Gasteiger partial charge >= 0.3 is 0 Å². The average Bonchev–Trinajstić information content (AvgIpc) is 1.99. The van der Waals surface area contributed by atoms with Crippen molar-refractivity contribution in [2.24, 2.45) is 0 Å². The smallest absolute Gasteiger partial charge is 0.246 e. The van der Waals surface area contributed by atoms with Crippen molar-refractivity contribution >= 4 is 5.91 Å². The van der Waals surface area contributed by atoms with E-state index in [1.165, 1.54) is 12.2 Å². The lowest BCUT2D eigenvalue weighted by Gasteiger charge is -2.16. The maximum Gasteiger partial charge on any atom is 0.246 e. The largest absolute Gasteiger partial charge is 0.274 e. The Bertz CT molecular complexity index is 123. The Morgan fingerprint density at radius 1 is 1.80 bits per heavy atom. The van der Waals surface area contributed by atoms with E-state index in [1.54, 1.807) is 13.0 Å². The standard InChI is InChI=1S/C7H13NO2/c1-4-6-8(10-3)7(9)5-2/h4H,1,5-6H2,2-3H3. The third kappa shape index (κ3) is 2.64. The summed E-state index contributed by atoms with van der Waals surface area (Å²) in [6, 6.07) is 0. The van der Waals surface area contributed by atoms with E-state index in [4.69, 9.17) is 4.84 Å². The number of amides is 1. The molecule has 3 nitrogen and oxygen atoms in total. The fourth-order valence-corrected chi connectivity index (χ4v) is 0.572. The second kappa shape index (κ2) is 4.99. The summed E-state index contributed by atoms with van der Waals surface area (Å²) in [7, 11) is 1.47. The van der Waals surface area contributed by atoms with Crippen LogP contribution in [0.3, 0.4) is 0 Å². The molecule has 0 radical (unpaired) electrons. The Morgan fingerprint density at radius 3 is 2.70 bits per heavy atom. The maximum atomic E-state index is 10.9. The van der Waals surface area contributed by atoms with E-state index in [9.17, 15) is 4.79 Å². The van der Waals surface area contributed by atoms with Crippen molar-refractivity contribution in [1.29, 1.82) is 0 Å². The molecule has 0 aliphatic rings. The number of nitrogens with zero attached hydrogens (tertiary/aromatic N) is 1. The van der Waals surface area contributed by atoms with Crippen molar-refractivity contribution in [1.82, 2.24) is 5.06 Å². The zero-order chi connectivity index (χ0) is 7.98. The molecule has 1 amide bonds. The summed E-state index contributed by atoms with van der Waals surface area (Å²) in [6.07, 6.45) is 2.08. The van der Waals surface area contributed by atoms with Crippen molar-refractivity contribution in [2.75, 3.05) is 13.7 Å². The minimum absolute atomic E-state index is 0.0256. The van der Waals surface area contributed by atoms with Gasteiger partial charge in [-0.25, -0.2) is 5.06 Å². The summed E-state index contributed by atoms with van der Waals surface area (Å²) in [5, 5.41) is 1.27. The van der Waals surface area contributed by atoms with Crippen LogP contribution in [0.15, 0.2) is 12.7 Å². The molecule has 0 saturated heterocycles. The Balaban J connectivity index is 3.79. The number of rotatable bonds is 4. The predicted molar refractivity (Wildman–Crippen MR) is 39.2 cm³/mol. The van der Waals surface area contributed by atoms with Gasteiger partial charge in [0.25, 0.3) is 0 Å². The molecule has 0 saturated carbocycles. The minimum atomic E-state index is -0.0256. The van der Waals surface area contributed by atoms with Crippen molar-refractivity contribution in [3.05, 3.63) is 12.7 Å². The van der Waals surface area contributed by atoms with E-state index in [1.807, 2.05) is 0 Å². The van der Waals surface area contributed by atoms with Gasteiger partial charge in [0.2, 0.25) is 5.91 Å². The molecule has 0 N–H and O–H groups in total. The molecule has 0 aromatic carbocycles. The van der Waals surface area contributed by atoms with Gasteiger partial charge in [-0.3, -0.25) is 9.63 Å². The SMILES string of the molecule is C=CCN(OC)C(=O)CC. The quantitative estimate of drug-likeness (QED) is 0.433. The second-order valence-corrected chi connectivity index (χ2v) is 1.78. The van der Waals surface area contributed by atoms with Crippen molar-refractivity contribution in [3.63, 3.8) is 0 Å². The Labute approximate surface area is 61.2 Å². The molecule has 0 rings (SSSR count). The number of carbonyl (C=O) groups excluding carboxylic acids is 1. The maximum absolute atomic E-state index is 10.9. The van der Waals surface area contributed by atoms with E-state index >= 15 is 0 Å². The monoisotopic (exact) mass is 143 g/mol. The molecule has 0 spiro atoms. The summed E-state index contributed by atoms with van der Waals surface area (Å²) in [5.74, 6) is -0.0256.